The lowest BCUT2D eigenvalue weighted by Gasteiger charge is -2.64. The molecule has 6 aliphatic rings. The molecule has 8 rings (SSSR count). The van der Waals surface area contributed by atoms with Crippen LogP contribution in [0.4, 0.5) is 4.39 Å². The topological polar surface area (TPSA) is 95.2 Å². The number of aromatic nitrogens is 2. The molecule has 5 fully saturated rings. The maximum Gasteiger partial charge on any atom is 0.227 e. The lowest BCUT2D eigenvalue weighted by Crippen LogP contribution is -2.72. The van der Waals surface area contributed by atoms with E-state index in [-0.39, 0.29) is 50.1 Å². The van der Waals surface area contributed by atoms with Crippen molar-refractivity contribution in [3.63, 3.8) is 0 Å². The molecule has 0 radical (unpaired) electrons. The van der Waals surface area contributed by atoms with Crippen molar-refractivity contribution in [1.82, 2.24) is 9.78 Å². The number of hydrogen-bond acceptors (Lipinski definition) is 7. The van der Waals surface area contributed by atoms with Crippen molar-refractivity contribution in [3.8, 4) is 11.4 Å². The lowest BCUT2D eigenvalue weighted by atomic mass is 9.43. The summed E-state index contributed by atoms with van der Waals surface area (Å²) in [6.45, 7) is 6.85. The predicted molar refractivity (Wildman–Crippen MR) is 142 cm³/mol. The number of hydrogen-bond donors (Lipinski definition) is 2. The van der Waals surface area contributed by atoms with Crippen LogP contribution in [0, 0.1) is 28.6 Å². The van der Waals surface area contributed by atoms with E-state index in [9.17, 15) is 10.2 Å². The third kappa shape index (κ3) is 2.72. The average molecular weight is 553 g/mol. The number of allylic oxidation sites excluding steroid dienone is 1. The summed E-state index contributed by atoms with van der Waals surface area (Å²) in [7, 11) is 0. The Morgan fingerprint density at radius 3 is 2.73 bits per heavy atom. The van der Waals surface area contributed by atoms with Gasteiger partial charge in [-0.3, -0.25) is 0 Å². The number of ether oxygens (including phenoxy) is 4. The van der Waals surface area contributed by atoms with Crippen molar-refractivity contribution in [2.24, 2.45) is 28.6 Å². The van der Waals surface area contributed by atoms with Gasteiger partial charge in [0.05, 0.1) is 23.7 Å². The minimum atomic E-state index is -1.81. The molecular weight excluding hydrogens is 515 g/mol. The van der Waals surface area contributed by atoms with Crippen LogP contribution in [0.5, 0.6) is 5.75 Å². The summed E-state index contributed by atoms with van der Waals surface area (Å²) >= 11 is 0. The summed E-state index contributed by atoms with van der Waals surface area (Å²) in [5.41, 5.74) is -0.392. The Morgan fingerprint density at radius 2 is 1.95 bits per heavy atom. The minimum absolute atomic E-state index is 0.00605. The second-order valence-electron chi connectivity index (χ2n) is 13.5. The zero-order valence-corrected chi connectivity index (χ0v) is 23.2. The maximum atomic E-state index is 18.1. The molecule has 9 heteroatoms. The number of phenolic OH excluding ortho intramolecular Hbond substituents is 1. The largest absolute Gasteiger partial charge is 0.508 e. The van der Waals surface area contributed by atoms with Gasteiger partial charge in [0, 0.05) is 22.8 Å². The molecule has 2 saturated heterocycles. The molecule has 9 atom stereocenters. The van der Waals surface area contributed by atoms with E-state index in [4.69, 9.17) is 18.9 Å². The highest BCUT2D eigenvalue weighted by Crippen LogP contribution is 2.74. The summed E-state index contributed by atoms with van der Waals surface area (Å²) in [5, 5.41) is 26.6. The van der Waals surface area contributed by atoms with Crippen LogP contribution in [-0.2, 0) is 25.4 Å². The first-order valence-corrected chi connectivity index (χ1v) is 14.5. The first kappa shape index (κ1) is 25.4. The number of benzene rings is 1. The second-order valence-corrected chi connectivity index (χ2v) is 13.5. The number of nitrogens with zero attached hydrogens (tertiary/aromatic N) is 2. The first-order valence-electron chi connectivity index (χ1n) is 14.5. The van der Waals surface area contributed by atoms with E-state index in [1.807, 2.05) is 23.9 Å². The van der Waals surface area contributed by atoms with E-state index in [2.05, 4.69) is 25.0 Å². The standard InChI is InChI=1S/C31H37FN2O6/c1-18-9-24-23-8-7-20-10-25-19(14-33-34(25)21-5-4-6-22(35)11-21)12-27(20,2)30(23,32)26(36)13-28(24,3)31(18)29(39-17-40-31)15-37-16-38-29/h4-6,10-11,14,18,23-24,26,35-36H,7-9,12-13,15-17H2,1-3H3/t18-,23+,24+,26+,27+,28+,29?,30+,31-/m1/s1. The molecule has 1 aromatic carbocycles. The monoisotopic (exact) mass is 552 g/mol. The van der Waals surface area contributed by atoms with E-state index in [0.717, 1.165) is 35.4 Å². The molecule has 0 amide bonds. The van der Waals surface area contributed by atoms with Crippen LogP contribution in [0.2, 0.25) is 0 Å². The van der Waals surface area contributed by atoms with E-state index in [0.29, 0.717) is 12.8 Å². The number of aromatic hydroxyl groups is 1. The van der Waals surface area contributed by atoms with E-state index in [1.165, 1.54) is 0 Å². The molecule has 8 nitrogen and oxygen atoms in total. The lowest BCUT2D eigenvalue weighted by molar-refractivity contribution is -0.279. The highest BCUT2D eigenvalue weighted by Gasteiger charge is 2.81. The molecule has 40 heavy (non-hydrogen) atoms. The summed E-state index contributed by atoms with van der Waals surface area (Å²) < 4.78 is 44.4. The Hall–Kier alpha value is -2.30. The fourth-order valence-electron chi connectivity index (χ4n) is 10.4. The Kier molecular flexibility index (Phi) is 5.05. The number of rotatable bonds is 1. The molecular formula is C31H37FN2O6. The SMILES string of the molecule is C[C@@H]1C[C@H]2[C@@H]3CCC4=Cc5c(cnn5-c5cccc(O)c5)C[C@]4(C)[C@@]3(F)[C@@H](O)C[C@]2(C)[C@]12OCOC21COCO1. The predicted octanol–water partition coefficient (Wildman–Crippen LogP) is 4.51. The maximum absolute atomic E-state index is 18.1. The molecule has 1 aromatic heterocycles. The van der Waals surface area contributed by atoms with Gasteiger partial charge in [-0.15, -0.1) is 0 Å². The number of fused-ring (bicyclic) bond motifs is 8. The van der Waals surface area contributed by atoms with Crippen molar-refractivity contribution in [3.05, 3.63) is 47.3 Å². The van der Waals surface area contributed by atoms with Gasteiger partial charge in [-0.25, -0.2) is 9.07 Å². The van der Waals surface area contributed by atoms with Crippen LogP contribution in [-0.4, -0.2) is 63.3 Å². The Morgan fingerprint density at radius 1 is 1.12 bits per heavy atom. The van der Waals surface area contributed by atoms with Crippen LogP contribution >= 0.6 is 0 Å². The molecule has 2 aromatic rings. The third-order valence-corrected chi connectivity index (χ3v) is 12.0. The van der Waals surface area contributed by atoms with Gasteiger partial charge in [0.1, 0.15) is 23.6 Å². The van der Waals surface area contributed by atoms with Crippen molar-refractivity contribution < 1.29 is 33.6 Å². The second kappa shape index (κ2) is 7.95. The molecule has 2 aliphatic heterocycles. The Balaban J connectivity index is 1.20. The number of aliphatic hydroxyl groups is 1. The number of halogens is 1. The third-order valence-electron chi connectivity index (χ3n) is 12.0. The van der Waals surface area contributed by atoms with Crippen molar-refractivity contribution in [2.45, 2.75) is 76.0 Å². The van der Waals surface area contributed by atoms with Gasteiger partial charge in [0.15, 0.2) is 13.6 Å². The van der Waals surface area contributed by atoms with Gasteiger partial charge in [-0.1, -0.05) is 32.4 Å². The molecule has 2 spiro atoms. The molecule has 0 bridgehead atoms. The highest BCUT2D eigenvalue weighted by molar-refractivity contribution is 5.63. The Bertz CT molecular complexity index is 1410. The van der Waals surface area contributed by atoms with Crippen molar-refractivity contribution >= 4 is 6.08 Å². The molecule has 3 heterocycles. The van der Waals surface area contributed by atoms with E-state index < -0.39 is 34.0 Å². The molecule has 1 unspecified atom stereocenters. The fraction of sp³-hybridized carbons (Fsp3) is 0.645. The summed E-state index contributed by atoms with van der Waals surface area (Å²) in [6.07, 6.45) is 5.62. The van der Waals surface area contributed by atoms with E-state index in [1.54, 1.807) is 18.2 Å². The van der Waals surface area contributed by atoms with Crippen LogP contribution in [0.1, 0.15) is 57.7 Å². The first-order chi connectivity index (χ1) is 19.1. The minimum Gasteiger partial charge on any atom is -0.508 e. The smallest absolute Gasteiger partial charge is 0.227 e. The quantitative estimate of drug-likeness (QED) is 0.538. The average Bonchev–Trinajstić information content (AvgIpc) is 3.69. The normalized spacial score (nSPS) is 47.2. The zero-order valence-electron chi connectivity index (χ0n) is 23.2. The van der Waals surface area contributed by atoms with E-state index >= 15 is 4.39 Å². The van der Waals surface area contributed by atoms with Gasteiger partial charge in [0.25, 0.3) is 0 Å². The summed E-state index contributed by atoms with van der Waals surface area (Å²) in [4.78, 5) is 0. The molecule has 2 N–H and O–H groups in total. The van der Waals surface area contributed by atoms with Gasteiger partial charge in [-0.05, 0) is 67.7 Å². The van der Waals surface area contributed by atoms with Crippen molar-refractivity contribution in [1.29, 1.82) is 0 Å². The van der Waals surface area contributed by atoms with Gasteiger partial charge < -0.3 is 29.2 Å². The summed E-state index contributed by atoms with van der Waals surface area (Å²) in [5.74, 6) is -1.16. The van der Waals surface area contributed by atoms with Crippen LogP contribution in [0.3, 0.4) is 0 Å². The van der Waals surface area contributed by atoms with Crippen LogP contribution < -0.4 is 0 Å². The van der Waals surface area contributed by atoms with Crippen LogP contribution in [0.15, 0.2) is 36.0 Å². The number of phenols is 1. The van der Waals surface area contributed by atoms with Gasteiger partial charge in [-0.2, -0.15) is 5.10 Å². The number of aliphatic hydroxyl groups excluding tert-OH is 1. The summed E-state index contributed by atoms with van der Waals surface area (Å²) in [6, 6.07) is 7.00. The van der Waals surface area contributed by atoms with Gasteiger partial charge >= 0.3 is 0 Å². The molecule has 214 valence electrons. The Labute approximate surface area is 233 Å². The highest BCUT2D eigenvalue weighted by atomic mass is 19.1. The van der Waals surface area contributed by atoms with Crippen molar-refractivity contribution in [2.75, 3.05) is 20.2 Å². The van der Waals surface area contributed by atoms with Gasteiger partial charge in [0.2, 0.25) is 5.79 Å². The fourth-order valence-corrected chi connectivity index (χ4v) is 10.4. The number of alkyl halides is 1. The zero-order chi connectivity index (χ0) is 27.7. The van der Waals surface area contributed by atoms with Crippen LogP contribution in [0.25, 0.3) is 11.8 Å². The molecule has 3 saturated carbocycles. The molecule has 4 aliphatic carbocycles.